The molecule has 1 aliphatic heterocycles. The van der Waals surface area contributed by atoms with Crippen LogP contribution in [0.15, 0.2) is 29.1 Å². The number of aromatic nitrogens is 3. The Morgan fingerprint density at radius 2 is 2.24 bits per heavy atom. The van der Waals surface area contributed by atoms with Gasteiger partial charge in [0.25, 0.3) is 5.91 Å². The fraction of sp³-hybridized carbons (Fsp3) is 0.231. The highest BCUT2D eigenvalue weighted by Crippen LogP contribution is 2.22. The lowest BCUT2D eigenvalue weighted by molar-refractivity contribution is -0.142. The van der Waals surface area contributed by atoms with Crippen LogP contribution in [0, 0.1) is 0 Å². The first-order chi connectivity index (χ1) is 10.1. The minimum atomic E-state index is -1.05. The molecule has 108 valence electrons. The second-order valence-corrected chi connectivity index (χ2v) is 5.48. The maximum atomic E-state index is 12.5. The molecule has 0 fully saturated rings. The Morgan fingerprint density at radius 3 is 2.95 bits per heavy atom. The van der Waals surface area contributed by atoms with E-state index in [9.17, 15) is 14.7 Å². The van der Waals surface area contributed by atoms with E-state index in [1.807, 2.05) is 0 Å². The number of H-pyrrole nitrogens is 1. The van der Waals surface area contributed by atoms with Crippen LogP contribution in [0.1, 0.15) is 21.9 Å². The van der Waals surface area contributed by atoms with E-state index in [-0.39, 0.29) is 18.7 Å². The smallest absolute Gasteiger partial charge is 0.326 e. The number of aliphatic carboxylic acids is 1. The lowest BCUT2D eigenvalue weighted by atomic mass is 10.0. The van der Waals surface area contributed by atoms with E-state index in [1.165, 1.54) is 11.2 Å². The van der Waals surface area contributed by atoms with Crippen molar-refractivity contribution in [1.82, 2.24) is 19.9 Å². The van der Waals surface area contributed by atoms with Gasteiger partial charge in [-0.15, -0.1) is 0 Å². The average molecular weight is 351 g/mol. The number of pyridine rings is 1. The molecule has 0 saturated heterocycles. The predicted octanol–water partition coefficient (Wildman–Crippen LogP) is 1.22. The number of fused-ring (bicyclic) bond motifs is 1. The van der Waals surface area contributed by atoms with Gasteiger partial charge in [-0.2, -0.15) is 0 Å². The van der Waals surface area contributed by atoms with Gasteiger partial charge in [-0.25, -0.2) is 14.8 Å². The number of carboxylic acid groups (broad SMARTS) is 1. The van der Waals surface area contributed by atoms with Gasteiger partial charge < -0.3 is 15.0 Å². The van der Waals surface area contributed by atoms with Gasteiger partial charge in [0.1, 0.15) is 16.3 Å². The first-order valence-electron chi connectivity index (χ1n) is 6.23. The van der Waals surface area contributed by atoms with Crippen molar-refractivity contribution in [3.05, 3.63) is 46.2 Å². The number of nitrogens with zero attached hydrogens (tertiary/aromatic N) is 3. The van der Waals surface area contributed by atoms with Gasteiger partial charge >= 0.3 is 5.97 Å². The van der Waals surface area contributed by atoms with Crippen LogP contribution in [0.2, 0.25) is 0 Å². The van der Waals surface area contributed by atoms with E-state index in [1.54, 1.807) is 18.2 Å². The zero-order valence-electron chi connectivity index (χ0n) is 10.8. The molecule has 8 heteroatoms. The summed E-state index contributed by atoms with van der Waals surface area (Å²) >= 11 is 3.20. The third kappa shape index (κ3) is 2.54. The summed E-state index contributed by atoms with van der Waals surface area (Å²) in [5.74, 6) is -1.46. The molecule has 0 aliphatic carbocycles. The van der Waals surface area contributed by atoms with Crippen LogP contribution in [0.25, 0.3) is 0 Å². The molecule has 21 heavy (non-hydrogen) atoms. The molecule has 3 heterocycles. The maximum Gasteiger partial charge on any atom is 0.326 e. The Balaban J connectivity index is 1.95. The monoisotopic (exact) mass is 350 g/mol. The van der Waals surface area contributed by atoms with Crippen molar-refractivity contribution < 1.29 is 14.7 Å². The highest BCUT2D eigenvalue weighted by Gasteiger charge is 2.36. The molecule has 3 rings (SSSR count). The van der Waals surface area contributed by atoms with E-state index >= 15 is 0 Å². The number of carbonyl (C=O) groups excluding carboxylic acids is 1. The highest BCUT2D eigenvalue weighted by atomic mass is 79.9. The largest absolute Gasteiger partial charge is 0.480 e. The lowest BCUT2D eigenvalue weighted by Gasteiger charge is -2.32. The van der Waals surface area contributed by atoms with Crippen LogP contribution in [0.3, 0.4) is 0 Å². The molecule has 0 bridgehead atoms. The van der Waals surface area contributed by atoms with Gasteiger partial charge in [0.05, 0.1) is 24.3 Å². The van der Waals surface area contributed by atoms with Crippen LogP contribution < -0.4 is 0 Å². The highest BCUT2D eigenvalue weighted by molar-refractivity contribution is 9.10. The second-order valence-electron chi connectivity index (χ2n) is 4.66. The van der Waals surface area contributed by atoms with Crippen LogP contribution >= 0.6 is 15.9 Å². The zero-order valence-corrected chi connectivity index (χ0v) is 12.4. The number of rotatable bonds is 2. The van der Waals surface area contributed by atoms with Crippen molar-refractivity contribution in [3.8, 4) is 0 Å². The van der Waals surface area contributed by atoms with Gasteiger partial charge in [-0.1, -0.05) is 6.07 Å². The molecular formula is C13H11BrN4O3. The SMILES string of the molecule is O=C(O)C1Cc2nc[nH]c2CN1C(=O)c1cccc(Br)n1. The van der Waals surface area contributed by atoms with Crippen molar-refractivity contribution >= 4 is 27.8 Å². The van der Waals surface area contributed by atoms with Crippen molar-refractivity contribution in [3.63, 3.8) is 0 Å². The van der Waals surface area contributed by atoms with E-state index in [0.717, 1.165) is 5.69 Å². The van der Waals surface area contributed by atoms with Gasteiger partial charge in [0.2, 0.25) is 0 Å². The summed E-state index contributed by atoms with van der Waals surface area (Å²) in [5, 5.41) is 9.36. The molecule has 1 atom stereocenters. The minimum absolute atomic E-state index is 0.180. The van der Waals surface area contributed by atoms with Gasteiger partial charge in [0, 0.05) is 6.42 Å². The molecule has 0 aromatic carbocycles. The standard InChI is InChI=1S/C13H11BrN4O3/c14-11-3-1-2-7(17-11)12(19)18-5-9-8(15-6-16-9)4-10(18)13(20)21/h1-3,6,10H,4-5H2,(H,15,16)(H,20,21). The molecular weight excluding hydrogens is 340 g/mol. The Hall–Kier alpha value is -2.22. The van der Waals surface area contributed by atoms with Gasteiger partial charge in [0.15, 0.2) is 0 Å². The Bertz CT molecular complexity index is 715. The van der Waals surface area contributed by atoms with Crippen LogP contribution in [-0.4, -0.2) is 42.9 Å². The van der Waals surface area contributed by atoms with Crippen LogP contribution in [0.4, 0.5) is 0 Å². The third-order valence-corrected chi connectivity index (χ3v) is 3.82. The van der Waals surface area contributed by atoms with E-state index in [2.05, 4.69) is 30.9 Å². The van der Waals surface area contributed by atoms with Crippen molar-refractivity contribution in [2.24, 2.45) is 0 Å². The fourth-order valence-electron chi connectivity index (χ4n) is 2.34. The number of carboxylic acids is 1. The van der Waals surface area contributed by atoms with Crippen molar-refractivity contribution in [2.75, 3.05) is 0 Å². The summed E-state index contributed by atoms with van der Waals surface area (Å²) in [6.07, 6.45) is 1.70. The molecule has 0 saturated carbocycles. The molecule has 2 aromatic heterocycles. The number of aromatic amines is 1. The summed E-state index contributed by atoms with van der Waals surface area (Å²) in [7, 11) is 0. The second kappa shape index (κ2) is 5.28. The number of hydrogen-bond donors (Lipinski definition) is 2. The molecule has 0 radical (unpaired) electrons. The van der Waals surface area contributed by atoms with E-state index in [4.69, 9.17) is 0 Å². The normalized spacial score (nSPS) is 17.4. The Morgan fingerprint density at radius 1 is 1.43 bits per heavy atom. The number of carbonyl (C=O) groups is 2. The molecule has 2 N–H and O–H groups in total. The summed E-state index contributed by atoms with van der Waals surface area (Å²) in [4.78, 5) is 36.4. The average Bonchev–Trinajstić information content (AvgIpc) is 2.92. The quantitative estimate of drug-likeness (QED) is 0.793. The summed E-state index contributed by atoms with van der Waals surface area (Å²) < 4.78 is 0.527. The third-order valence-electron chi connectivity index (χ3n) is 3.38. The maximum absolute atomic E-state index is 12.5. The lowest BCUT2D eigenvalue weighted by Crippen LogP contribution is -2.48. The first-order valence-corrected chi connectivity index (χ1v) is 7.03. The molecule has 7 nitrogen and oxygen atoms in total. The Kier molecular flexibility index (Phi) is 3.46. The van der Waals surface area contributed by atoms with Gasteiger partial charge in [-0.05, 0) is 28.1 Å². The molecule has 1 unspecified atom stereocenters. The van der Waals surface area contributed by atoms with E-state index in [0.29, 0.717) is 10.3 Å². The van der Waals surface area contributed by atoms with Crippen LogP contribution in [-0.2, 0) is 17.8 Å². The summed E-state index contributed by atoms with van der Waals surface area (Å²) in [6, 6.07) is 4.02. The molecule has 1 aliphatic rings. The van der Waals surface area contributed by atoms with E-state index < -0.39 is 17.9 Å². The number of halogens is 1. The topological polar surface area (TPSA) is 99.2 Å². The van der Waals surface area contributed by atoms with Crippen LogP contribution in [0.5, 0.6) is 0 Å². The van der Waals surface area contributed by atoms with Crippen molar-refractivity contribution in [2.45, 2.75) is 19.0 Å². The van der Waals surface area contributed by atoms with Crippen molar-refractivity contribution in [1.29, 1.82) is 0 Å². The number of hydrogen-bond acceptors (Lipinski definition) is 4. The molecule has 0 spiro atoms. The summed E-state index contributed by atoms with van der Waals surface area (Å²) in [5.41, 5.74) is 1.66. The zero-order chi connectivity index (χ0) is 15.0. The summed E-state index contributed by atoms with van der Waals surface area (Å²) in [6.45, 7) is 0.180. The number of nitrogens with one attached hydrogen (secondary N) is 1. The Labute approximate surface area is 128 Å². The number of imidazole rings is 1. The fourth-order valence-corrected chi connectivity index (χ4v) is 2.69. The first kappa shape index (κ1) is 13.7. The molecule has 1 amide bonds. The number of amides is 1. The predicted molar refractivity (Wildman–Crippen MR) is 75.5 cm³/mol. The molecule has 2 aromatic rings. The minimum Gasteiger partial charge on any atom is -0.480 e. The van der Waals surface area contributed by atoms with Gasteiger partial charge in [-0.3, -0.25) is 4.79 Å².